The topological polar surface area (TPSA) is 76.8 Å². The van der Waals surface area contributed by atoms with Gasteiger partial charge < -0.3 is 4.90 Å². The fourth-order valence-corrected chi connectivity index (χ4v) is 3.30. The second-order valence-corrected chi connectivity index (χ2v) is 7.53. The average Bonchev–Trinajstić information content (AvgIpc) is 3.27. The molecular formula is C22H26F2N6O. The maximum atomic E-state index is 13.4. The highest BCUT2D eigenvalue weighted by Crippen LogP contribution is 2.25. The molecule has 31 heavy (non-hydrogen) atoms. The Morgan fingerprint density at radius 3 is 2.55 bits per heavy atom. The lowest BCUT2D eigenvalue weighted by molar-refractivity contribution is 0.0166. The molecule has 164 valence electrons. The van der Waals surface area contributed by atoms with E-state index in [0.717, 1.165) is 25.0 Å². The number of alkyl halides is 2. The van der Waals surface area contributed by atoms with E-state index in [1.165, 1.54) is 0 Å². The van der Waals surface area contributed by atoms with Gasteiger partial charge in [0.15, 0.2) is 5.69 Å². The molecule has 1 atom stereocenters. The van der Waals surface area contributed by atoms with Crippen LogP contribution in [0.2, 0.25) is 0 Å². The number of nitrogens with zero attached hydrogens (tertiary/aromatic N) is 6. The summed E-state index contributed by atoms with van der Waals surface area (Å²) < 4.78 is 28.3. The Balaban J connectivity index is 1.74. The van der Waals surface area contributed by atoms with Gasteiger partial charge in [0.1, 0.15) is 5.82 Å². The lowest BCUT2D eigenvalue weighted by Gasteiger charge is -2.28. The Morgan fingerprint density at radius 1 is 1.26 bits per heavy atom. The van der Waals surface area contributed by atoms with E-state index in [4.69, 9.17) is 0 Å². The summed E-state index contributed by atoms with van der Waals surface area (Å²) in [6.07, 6.45) is 6.78. The second kappa shape index (κ2) is 9.28. The number of carbonyl (C=O) groups excluding carboxylic acids is 1. The molecule has 0 N–H and O–H groups in total. The first-order chi connectivity index (χ1) is 14.7. The van der Waals surface area contributed by atoms with Crippen molar-refractivity contribution >= 4 is 5.91 Å². The number of carbonyl (C=O) groups is 1. The minimum Gasteiger partial charge on any atom is -0.335 e. The molecule has 0 aromatic carbocycles. The van der Waals surface area contributed by atoms with Crippen LogP contribution in [-0.4, -0.2) is 48.1 Å². The van der Waals surface area contributed by atoms with E-state index in [9.17, 15) is 13.6 Å². The Bertz CT molecular complexity index is 1020. The second-order valence-electron chi connectivity index (χ2n) is 7.53. The van der Waals surface area contributed by atoms with E-state index in [0.29, 0.717) is 36.6 Å². The first kappa shape index (κ1) is 22.5. The van der Waals surface area contributed by atoms with Crippen molar-refractivity contribution in [3.8, 4) is 5.69 Å². The third-order valence-corrected chi connectivity index (χ3v) is 5.10. The average molecular weight is 428 g/mol. The van der Waals surface area contributed by atoms with Gasteiger partial charge in [-0.15, -0.1) is 0 Å². The number of pyridine rings is 1. The van der Waals surface area contributed by atoms with Crippen molar-refractivity contribution in [3.05, 3.63) is 65.8 Å². The molecule has 3 rings (SSSR count). The summed E-state index contributed by atoms with van der Waals surface area (Å²) in [6, 6.07) is 5.34. The molecule has 0 bridgehead atoms. The third-order valence-electron chi connectivity index (χ3n) is 5.10. The molecule has 1 amide bonds. The molecule has 0 unspecified atom stereocenters. The van der Waals surface area contributed by atoms with Crippen LogP contribution in [0.25, 0.3) is 5.69 Å². The predicted octanol–water partition coefficient (Wildman–Crippen LogP) is 3.96. The summed E-state index contributed by atoms with van der Waals surface area (Å²) in [6.45, 7) is 7.00. The largest absolute Gasteiger partial charge is 0.335 e. The van der Waals surface area contributed by atoms with E-state index in [-0.39, 0.29) is 17.5 Å². The van der Waals surface area contributed by atoms with Gasteiger partial charge in [-0.25, -0.2) is 28.4 Å². The zero-order valence-corrected chi connectivity index (χ0v) is 18.1. The number of hydrogen-bond acceptors (Lipinski definition) is 5. The molecule has 0 saturated carbocycles. The molecule has 0 fully saturated rings. The van der Waals surface area contributed by atoms with Crippen molar-refractivity contribution in [2.24, 2.45) is 0 Å². The zero-order valence-electron chi connectivity index (χ0n) is 18.1. The van der Waals surface area contributed by atoms with Crippen LogP contribution in [0.1, 0.15) is 54.8 Å². The summed E-state index contributed by atoms with van der Waals surface area (Å²) in [4.78, 5) is 27.7. The van der Waals surface area contributed by atoms with Crippen molar-refractivity contribution < 1.29 is 13.6 Å². The van der Waals surface area contributed by atoms with Crippen LogP contribution in [0.3, 0.4) is 0 Å². The van der Waals surface area contributed by atoms with Crippen LogP contribution in [0.15, 0.2) is 43.0 Å². The molecule has 0 radical (unpaired) electrons. The van der Waals surface area contributed by atoms with Gasteiger partial charge in [-0.3, -0.25) is 4.79 Å². The predicted molar refractivity (Wildman–Crippen MR) is 112 cm³/mol. The van der Waals surface area contributed by atoms with Crippen molar-refractivity contribution in [2.45, 2.75) is 52.5 Å². The molecule has 0 aliphatic heterocycles. The summed E-state index contributed by atoms with van der Waals surface area (Å²) in [5.74, 6) is -2.69. The molecule has 3 aromatic heterocycles. The maximum absolute atomic E-state index is 13.4. The van der Waals surface area contributed by atoms with Crippen molar-refractivity contribution in [1.29, 1.82) is 0 Å². The van der Waals surface area contributed by atoms with Gasteiger partial charge >= 0.3 is 0 Å². The van der Waals surface area contributed by atoms with Gasteiger partial charge in [0.25, 0.3) is 11.8 Å². The van der Waals surface area contributed by atoms with E-state index in [2.05, 4.69) is 20.1 Å². The lowest BCUT2D eigenvalue weighted by Crippen LogP contribution is -2.39. The van der Waals surface area contributed by atoms with Crippen LogP contribution < -0.4 is 0 Å². The molecule has 0 spiro atoms. The molecule has 3 aromatic rings. The lowest BCUT2D eigenvalue weighted by atomic mass is 10.1. The van der Waals surface area contributed by atoms with E-state index < -0.39 is 5.92 Å². The molecule has 0 aliphatic rings. The molecule has 0 aliphatic carbocycles. The quantitative estimate of drug-likeness (QED) is 0.543. The highest BCUT2D eigenvalue weighted by molar-refractivity contribution is 5.96. The minimum absolute atomic E-state index is 0.124. The first-order valence-electron chi connectivity index (χ1n) is 10.2. The van der Waals surface area contributed by atoms with Gasteiger partial charge in [0.05, 0.1) is 11.3 Å². The van der Waals surface area contributed by atoms with Gasteiger partial charge in [-0.2, -0.15) is 5.10 Å². The van der Waals surface area contributed by atoms with E-state index >= 15 is 0 Å². The van der Waals surface area contributed by atoms with Gasteiger partial charge in [-0.05, 0) is 45.4 Å². The minimum atomic E-state index is -2.97. The van der Waals surface area contributed by atoms with Crippen molar-refractivity contribution in [2.75, 3.05) is 6.54 Å². The fourth-order valence-electron chi connectivity index (χ4n) is 3.30. The number of amides is 1. The normalized spacial score (nSPS) is 12.6. The smallest absolute Gasteiger partial charge is 0.274 e. The van der Waals surface area contributed by atoms with Crippen molar-refractivity contribution in [1.82, 2.24) is 29.6 Å². The number of halogens is 2. The highest BCUT2D eigenvalue weighted by Gasteiger charge is 2.26. The number of rotatable bonds is 8. The number of hydrogen-bond donors (Lipinski definition) is 0. The van der Waals surface area contributed by atoms with Gasteiger partial charge in [0.2, 0.25) is 0 Å². The number of aromatic nitrogens is 5. The third kappa shape index (κ3) is 5.28. The summed E-state index contributed by atoms with van der Waals surface area (Å²) in [5, 5.41) is 4.23. The highest BCUT2D eigenvalue weighted by atomic mass is 19.3. The summed E-state index contributed by atoms with van der Waals surface area (Å²) >= 11 is 0. The van der Waals surface area contributed by atoms with Gasteiger partial charge in [-0.1, -0.05) is 0 Å². The van der Waals surface area contributed by atoms with Crippen LogP contribution in [0.4, 0.5) is 8.78 Å². The Morgan fingerprint density at radius 2 is 1.97 bits per heavy atom. The monoisotopic (exact) mass is 428 g/mol. The van der Waals surface area contributed by atoms with Gasteiger partial charge in [0, 0.05) is 56.4 Å². The fraction of sp³-hybridized carbons (Fsp3) is 0.409. The SMILES string of the molecule is CCN(C(=O)c1nc(C)ccc1-n1cccn1)[C@@H](C)CCc1ncc(C(C)(F)F)cn1. The molecule has 0 saturated heterocycles. The van der Waals surface area contributed by atoms with Crippen LogP contribution in [-0.2, 0) is 12.3 Å². The van der Waals surface area contributed by atoms with Crippen LogP contribution in [0.5, 0.6) is 0 Å². The standard InChI is InChI=1S/C22H26F2N6O/c1-5-29(16(3)8-10-19-25-13-17(14-26-19)22(4,23)24)21(31)20-18(9-7-15(2)28-20)30-12-6-11-27-30/h6-7,9,11-14,16H,5,8,10H2,1-4H3/t16-/m0/s1. The zero-order chi connectivity index (χ0) is 22.6. The van der Waals surface area contributed by atoms with Crippen LogP contribution >= 0.6 is 0 Å². The maximum Gasteiger partial charge on any atom is 0.274 e. The molecule has 9 heteroatoms. The molecule has 7 nitrogen and oxygen atoms in total. The molecule has 3 heterocycles. The Kier molecular flexibility index (Phi) is 6.72. The van der Waals surface area contributed by atoms with E-state index in [1.807, 2.05) is 32.9 Å². The Hall–Kier alpha value is -3.23. The summed E-state index contributed by atoms with van der Waals surface area (Å²) in [7, 11) is 0. The molecular weight excluding hydrogens is 402 g/mol. The number of aryl methyl sites for hydroxylation is 2. The Labute approximate surface area is 180 Å². The summed E-state index contributed by atoms with van der Waals surface area (Å²) in [5.41, 5.74) is 1.48. The van der Waals surface area contributed by atoms with E-state index in [1.54, 1.807) is 28.0 Å². The first-order valence-corrected chi connectivity index (χ1v) is 10.2. The van der Waals surface area contributed by atoms with Crippen LogP contribution in [0, 0.1) is 6.92 Å². The van der Waals surface area contributed by atoms with Crippen molar-refractivity contribution in [3.63, 3.8) is 0 Å².